The number of nitrogens with zero attached hydrogens (tertiary/aromatic N) is 1. The van der Waals surface area contributed by atoms with E-state index in [1.165, 1.54) is 0 Å². The number of methoxy groups -OCH3 is 1. The first kappa shape index (κ1) is 16.3. The summed E-state index contributed by atoms with van der Waals surface area (Å²) in [6.45, 7) is 5.82. The molecule has 112 valence electrons. The number of ether oxygens (including phenoxy) is 1. The van der Waals surface area contributed by atoms with Crippen LogP contribution in [0.4, 0.5) is 5.69 Å². The molecule has 1 rings (SSSR count). The van der Waals surface area contributed by atoms with Crippen molar-refractivity contribution in [3.8, 4) is 5.75 Å². The summed E-state index contributed by atoms with van der Waals surface area (Å²) in [7, 11) is 1.64. The van der Waals surface area contributed by atoms with E-state index in [2.05, 4.69) is 10.2 Å². The summed E-state index contributed by atoms with van der Waals surface area (Å²) in [5, 5.41) is 2.86. The van der Waals surface area contributed by atoms with Gasteiger partial charge in [0, 0.05) is 18.8 Å². The summed E-state index contributed by atoms with van der Waals surface area (Å²) in [6.07, 6.45) is 0.843. The standard InChI is InChI=1S/C15H25N3O2/c1-4-17-15(19)12(2)18(11-5-10-16)13-6-8-14(20-3)9-7-13/h6-9,12H,4-5,10-11,16H2,1-3H3,(H,17,19). The monoisotopic (exact) mass is 279 g/mol. The summed E-state index contributed by atoms with van der Waals surface area (Å²) in [6, 6.07) is 7.50. The normalized spacial score (nSPS) is 11.8. The van der Waals surface area contributed by atoms with Crippen molar-refractivity contribution < 1.29 is 9.53 Å². The Morgan fingerprint density at radius 1 is 1.40 bits per heavy atom. The number of rotatable bonds is 8. The number of nitrogens with one attached hydrogen (secondary N) is 1. The van der Waals surface area contributed by atoms with Crippen LogP contribution in [0.1, 0.15) is 20.3 Å². The maximum Gasteiger partial charge on any atom is 0.242 e. The van der Waals surface area contributed by atoms with E-state index in [4.69, 9.17) is 10.5 Å². The fourth-order valence-corrected chi connectivity index (χ4v) is 2.05. The number of anilines is 1. The molecule has 0 aliphatic carbocycles. The molecule has 20 heavy (non-hydrogen) atoms. The molecule has 5 heteroatoms. The molecule has 0 aromatic heterocycles. The van der Waals surface area contributed by atoms with Crippen LogP contribution in [0, 0.1) is 0 Å². The van der Waals surface area contributed by atoms with Gasteiger partial charge in [-0.1, -0.05) is 0 Å². The zero-order chi connectivity index (χ0) is 15.0. The van der Waals surface area contributed by atoms with Gasteiger partial charge in [0.1, 0.15) is 11.8 Å². The lowest BCUT2D eigenvalue weighted by atomic mass is 10.2. The van der Waals surface area contributed by atoms with Gasteiger partial charge < -0.3 is 20.7 Å². The summed E-state index contributed by atoms with van der Waals surface area (Å²) >= 11 is 0. The highest BCUT2D eigenvalue weighted by atomic mass is 16.5. The van der Waals surface area contributed by atoms with Crippen molar-refractivity contribution in [2.45, 2.75) is 26.3 Å². The molecule has 0 aliphatic rings. The van der Waals surface area contributed by atoms with Gasteiger partial charge in [0.2, 0.25) is 5.91 Å². The van der Waals surface area contributed by atoms with Crippen LogP contribution in [0.25, 0.3) is 0 Å². The van der Waals surface area contributed by atoms with Crippen molar-refractivity contribution in [3.63, 3.8) is 0 Å². The number of hydrogen-bond acceptors (Lipinski definition) is 4. The highest BCUT2D eigenvalue weighted by molar-refractivity contribution is 5.84. The quantitative estimate of drug-likeness (QED) is 0.754. The van der Waals surface area contributed by atoms with Gasteiger partial charge in [0.25, 0.3) is 0 Å². The van der Waals surface area contributed by atoms with Crippen molar-refractivity contribution in [2.24, 2.45) is 5.73 Å². The van der Waals surface area contributed by atoms with E-state index in [0.717, 1.165) is 24.4 Å². The maximum atomic E-state index is 12.0. The van der Waals surface area contributed by atoms with Crippen LogP contribution in [0.15, 0.2) is 24.3 Å². The molecule has 0 bridgehead atoms. The molecule has 5 nitrogen and oxygen atoms in total. The molecular weight excluding hydrogens is 254 g/mol. The summed E-state index contributed by atoms with van der Waals surface area (Å²) in [4.78, 5) is 14.1. The average molecular weight is 279 g/mol. The second-order valence-corrected chi connectivity index (χ2v) is 4.60. The molecule has 3 N–H and O–H groups in total. The van der Waals surface area contributed by atoms with E-state index < -0.39 is 0 Å². The van der Waals surface area contributed by atoms with Crippen LogP contribution in [0.5, 0.6) is 5.75 Å². The highest BCUT2D eigenvalue weighted by Gasteiger charge is 2.20. The molecule has 1 aromatic carbocycles. The van der Waals surface area contributed by atoms with Crippen molar-refractivity contribution in [2.75, 3.05) is 31.6 Å². The molecule has 1 atom stereocenters. The van der Waals surface area contributed by atoms with Crippen LogP contribution in [0.2, 0.25) is 0 Å². The number of likely N-dealkylation sites (N-methyl/N-ethyl adjacent to an activating group) is 1. The first-order chi connectivity index (χ1) is 9.63. The molecule has 1 aromatic rings. The minimum atomic E-state index is -0.227. The zero-order valence-electron chi connectivity index (χ0n) is 12.6. The Morgan fingerprint density at radius 2 is 2.05 bits per heavy atom. The molecular formula is C15H25N3O2. The SMILES string of the molecule is CCNC(=O)C(C)N(CCCN)c1ccc(OC)cc1. The third-order valence-corrected chi connectivity index (χ3v) is 3.21. The topological polar surface area (TPSA) is 67.6 Å². The molecule has 0 heterocycles. The minimum absolute atomic E-state index is 0.0281. The molecule has 0 aliphatic heterocycles. The molecule has 0 spiro atoms. The largest absolute Gasteiger partial charge is 0.497 e. The smallest absolute Gasteiger partial charge is 0.242 e. The first-order valence-corrected chi connectivity index (χ1v) is 7.02. The Labute approximate surface area is 121 Å². The van der Waals surface area contributed by atoms with Crippen molar-refractivity contribution in [1.29, 1.82) is 0 Å². The summed E-state index contributed by atoms with van der Waals surface area (Å²) in [5.41, 5.74) is 6.59. The van der Waals surface area contributed by atoms with E-state index in [9.17, 15) is 4.79 Å². The lowest BCUT2D eigenvalue weighted by molar-refractivity contribution is -0.121. The van der Waals surface area contributed by atoms with E-state index >= 15 is 0 Å². The van der Waals surface area contributed by atoms with Gasteiger partial charge in [-0.15, -0.1) is 0 Å². The van der Waals surface area contributed by atoms with Crippen molar-refractivity contribution >= 4 is 11.6 Å². The minimum Gasteiger partial charge on any atom is -0.497 e. The Morgan fingerprint density at radius 3 is 2.55 bits per heavy atom. The lowest BCUT2D eigenvalue weighted by Gasteiger charge is -2.30. The molecule has 0 saturated heterocycles. The van der Waals surface area contributed by atoms with E-state index in [0.29, 0.717) is 13.1 Å². The van der Waals surface area contributed by atoms with Crippen molar-refractivity contribution in [3.05, 3.63) is 24.3 Å². The Hall–Kier alpha value is -1.75. The Bertz CT molecular complexity index is 406. The fraction of sp³-hybridized carbons (Fsp3) is 0.533. The van der Waals surface area contributed by atoms with Crippen LogP contribution >= 0.6 is 0 Å². The summed E-state index contributed by atoms with van der Waals surface area (Å²) < 4.78 is 5.16. The van der Waals surface area contributed by atoms with Crippen LogP contribution in [0.3, 0.4) is 0 Å². The number of nitrogens with two attached hydrogens (primary N) is 1. The second-order valence-electron chi connectivity index (χ2n) is 4.60. The number of carbonyl (C=O) groups is 1. The van der Waals surface area contributed by atoms with Crippen LogP contribution in [-0.4, -0.2) is 38.7 Å². The van der Waals surface area contributed by atoms with Crippen LogP contribution in [-0.2, 0) is 4.79 Å². The van der Waals surface area contributed by atoms with Gasteiger partial charge >= 0.3 is 0 Å². The van der Waals surface area contributed by atoms with Gasteiger partial charge in [-0.05, 0) is 51.1 Å². The van der Waals surface area contributed by atoms with Gasteiger partial charge in [-0.25, -0.2) is 0 Å². The molecule has 0 saturated carbocycles. The predicted octanol–water partition coefficient (Wildman–Crippen LogP) is 1.38. The number of amides is 1. The van der Waals surface area contributed by atoms with Gasteiger partial charge in [-0.3, -0.25) is 4.79 Å². The predicted molar refractivity (Wildman–Crippen MR) is 82.2 cm³/mol. The second kappa shape index (κ2) is 8.43. The number of carbonyl (C=O) groups excluding carboxylic acids is 1. The van der Waals surface area contributed by atoms with E-state index in [1.807, 2.05) is 38.1 Å². The lowest BCUT2D eigenvalue weighted by Crippen LogP contribution is -2.46. The van der Waals surface area contributed by atoms with Gasteiger partial charge in [0.15, 0.2) is 0 Å². The molecule has 1 unspecified atom stereocenters. The number of hydrogen-bond donors (Lipinski definition) is 2. The molecule has 0 fully saturated rings. The Balaban J connectivity index is 2.88. The summed E-state index contributed by atoms with van der Waals surface area (Å²) in [5.74, 6) is 0.832. The first-order valence-electron chi connectivity index (χ1n) is 7.02. The zero-order valence-corrected chi connectivity index (χ0v) is 12.6. The van der Waals surface area contributed by atoms with Gasteiger partial charge in [0.05, 0.1) is 7.11 Å². The highest BCUT2D eigenvalue weighted by Crippen LogP contribution is 2.21. The van der Waals surface area contributed by atoms with E-state index in [1.54, 1.807) is 7.11 Å². The van der Waals surface area contributed by atoms with Gasteiger partial charge in [-0.2, -0.15) is 0 Å². The third kappa shape index (κ3) is 4.42. The average Bonchev–Trinajstić information content (AvgIpc) is 2.48. The van der Waals surface area contributed by atoms with Crippen LogP contribution < -0.4 is 20.7 Å². The number of benzene rings is 1. The Kier molecular flexibility index (Phi) is 6.87. The van der Waals surface area contributed by atoms with Crippen molar-refractivity contribution in [1.82, 2.24) is 5.32 Å². The molecule has 0 radical (unpaired) electrons. The fourth-order valence-electron chi connectivity index (χ4n) is 2.05. The molecule has 1 amide bonds. The third-order valence-electron chi connectivity index (χ3n) is 3.21. The maximum absolute atomic E-state index is 12.0. The van der Waals surface area contributed by atoms with E-state index in [-0.39, 0.29) is 11.9 Å².